The monoisotopic (exact) mass is 367 g/mol. The maximum Gasteiger partial charge on any atom is 0.223 e. The molecule has 0 fully saturated rings. The Balaban J connectivity index is 1.45. The molecule has 2 heterocycles. The highest BCUT2D eigenvalue weighted by Gasteiger charge is 2.07. The smallest absolute Gasteiger partial charge is 0.223 e. The van der Waals surface area contributed by atoms with E-state index in [4.69, 9.17) is 4.74 Å². The van der Waals surface area contributed by atoms with E-state index in [-0.39, 0.29) is 5.91 Å². The number of methoxy groups -OCH3 is 1. The maximum atomic E-state index is 12.0. The minimum atomic E-state index is 0.000849. The molecule has 0 aliphatic rings. The lowest BCUT2D eigenvalue weighted by Gasteiger charge is -2.09. The first-order valence-corrected chi connectivity index (χ1v) is 9.01. The zero-order valence-electron chi connectivity index (χ0n) is 16.0. The van der Waals surface area contributed by atoms with Gasteiger partial charge in [-0.3, -0.25) is 4.79 Å². The molecule has 2 aromatic heterocycles. The molecule has 1 amide bonds. The number of carbonyl (C=O) groups excluding carboxylic acids is 1. The second kappa shape index (κ2) is 8.53. The van der Waals surface area contributed by atoms with E-state index in [0.29, 0.717) is 32.0 Å². The Morgan fingerprint density at radius 1 is 1.15 bits per heavy atom. The Morgan fingerprint density at radius 2 is 1.93 bits per heavy atom. The number of hydrogen-bond acceptors (Lipinski definition) is 5. The third kappa shape index (κ3) is 4.75. The van der Waals surface area contributed by atoms with Crippen molar-refractivity contribution in [3.63, 3.8) is 0 Å². The van der Waals surface area contributed by atoms with Crippen LogP contribution >= 0.6 is 0 Å². The Kier molecular flexibility index (Phi) is 5.90. The summed E-state index contributed by atoms with van der Waals surface area (Å²) in [5, 5.41) is 7.12. The first kappa shape index (κ1) is 18.7. The average molecular weight is 367 g/mol. The predicted octanol–water partition coefficient (Wildman–Crippen LogP) is 2.68. The maximum absolute atomic E-state index is 12.0. The number of rotatable bonds is 8. The van der Waals surface area contributed by atoms with E-state index < -0.39 is 0 Å². The van der Waals surface area contributed by atoms with E-state index in [2.05, 4.69) is 25.2 Å². The molecule has 2 N–H and O–H groups in total. The van der Waals surface area contributed by atoms with Crippen LogP contribution in [0.2, 0.25) is 0 Å². The third-order valence-corrected chi connectivity index (χ3v) is 4.29. The summed E-state index contributed by atoms with van der Waals surface area (Å²) >= 11 is 0. The van der Waals surface area contributed by atoms with Crippen molar-refractivity contribution in [2.45, 2.75) is 26.8 Å². The SMILES string of the molecule is COc1cccc2c1ccn2CCNC(=O)CCNc1nc(C)cc(C)n1. The Labute approximate surface area is 158 Å². The molecule has 1 aromatic carbocycles. The number of aryl methyl sites for hydroxylation is 2. The van der Waals surface area contributed by atoms with E-state index in [0.717, 1.165) is 28.0 Å². The summed E-state index contributed by atoms with van der Waals surface area (Å²) in [6.45, 7) is 5.62. The van der Waals surface area contributed by atoms with Crippen LogP contribution in [-0.2, 0) is 11.3 Å². The van der Waals surface area contributed by atoms with Crippen molar-refractivity contribution in [1.82, 2.24) is 19.9 Å². The molecule has 0 radical (unpaired) electrons. The van der Waals surface area contributed by atoms with Crippen LogP contribution in [0.3, 0.4) is 0 Å². The lowest BCUT2D eigenvalue weighted by atomic mass is 10.2. The van der Waals surface area contributed by atoms with Gasteiger partial charge in [0.2, 0.25) is 11.9 Å². The van der Waals surface area contributed by atoms with Gasteiger partial charge in [-0.05, 0) is 38.1 Å². The van der Waals surface area contributed by atoms with Crippen LogP contribution in [0, 0.1) is 13.8 Å². The molecule has 0 atom stereocenters. The number of benzene rings is 1. The molecule has 0 bridgehead atoms. The van der Waals surface area contributed by atoms with E-state index in [9.17, 15) is 4.79 Å². The number of amides is 1. The largest absolute Gasteiger partial charge is 0.496 e. The average Bonchev–Trinajstić information content (AvgIpc) is 3.04. The number of fused-ring (bicyclic) bond motifs is 1. The minimum absolute atomic E-state index is 0.000849. The van der Waals surface area contributed by atoms with Gasteiger partial charge in [0.1, 0.15) is 5.75 Å². The van der Waals surface area contributed by atoms with Crippen LogP contribution in [0.5, 0.6) is 5.75 Å². The summed E-state index contributed by atoms with van der Waals surface area (Å²) in [4.78, 5) is 20.6. The third-order valence-electron chi connectivity index (χ3n) is 4.29. The van der Waals surface area contributed by atoms with Gasteiger partial charge in [0.15, 0.2) is 0 Å². The highest BCUT2D eigenvalue weighted by Crippen LogP contribution is 2.25. The molecule has 142 valence electrons. The van der Waals surface area contributed by atoms with Crippen molar-refractivity contribution < 1.29 is 9.53 Å². The van der Waals surface area contributed by atoms with E-state index >= 15 is 0 Å². The fourth-order valence-electron chi connectivity index (χ4n) is 3.07. The van der Waals surface area contributed by atoms with Crippen LogP contribution in [0.1, 0.15) is 17.8 Å². The quantitative estimate of drug-likeness (QED) is 0.640. The molecule has 0 saturated carbocycles. The van der Waals surface area contributed by atoms with Gasteiger partial charge < -0.3 is 19.9 Å². The molecular formula is C20H25N5O2. The lowest BCUT2D eigenvalue weighted by Crippen LogP contribution is -2.28. The number of carbonyl (C=O) groups is 1. The Morgan fingerprint density at radius 3 is 2.67 bits per heavy atom. The molecule has 27 heavy (non-hydrogen) atoms. The second-order valence-corrected chi connectivity index (χ2v) is 6.40. The van der Waals surface area contributed by atoms with Gasteiger partial charge in [0.25, 0.3) is 0 Å². The molecule has 0 unspecified atom stereocenters. The summed E-state index contributed by atoms with van der Waals surface area (Å²) < 4.78 is 7.49. The standard InChI is InChI=1S/C20H25N5O2/c1-14-13-15(2)24-20(23-14)22-9-7-19(26)21-10-12-25-11-8-16-17(25)5-4-6-18(16)27-3/h4-6,8,11,13H,7,9-10,12H2,1-3H3,(H,21,26)(H,22,23,24). The first-order valence-electron chi connectivity index (χ1n) is 9.01. The van der Waals surface area contributed by atoms with Gasteiger partial charge in [0.05, 0.1) is 12.6 Å². The van der Waals surface area contributed by atoms with Crippen molar-refractivity contribution in [3.8, 4) is 5.75 Å². The van der Waals surface area contributed by atoms with E-state index in [1.807, 2.05) is 50.4 Å². The van der Waals surface area contributed by atoms with Crippen LogP contribution in [0.25, 0.3) is 10.9 Å². The zero-order valence-corrected chi connectivity index (χ0v) is 16.0. The van der Waals surface area contributed by atoms with Crippen molar-refractivity contribution >= 4 is 22.8 Å². The summed E-state index contributed by atoms with van der Waals surface area (Å²) in [6, 6.07) is 9.91. The zero-order chi connectivity index (χ0) is 19.2. The topological polar surface area (TPSA) is 81.1 Å². The highest BCUT2D eigenvalue weighted by atomic mass is 16.5. The summed E-state index contributed by atoms with van der Waals surface area (Å²) in [6.07, 6.45) is 2.38. The summed E-state index contributed by atoms with van der Waals surface area (Å²) in [5.74, 6) is 1.42. The van der Waals surface area contributed by atoms with Gasteiger partial charge in [-0.2, -0.15) is 0 Å². The Hall–Kier alpha value is -3.09. The van der Waals surface area contributed by atoms with Crippen molar-refractivity contribution in [2.75, 3.05) is 25.5 Å². The molecule has 0 spiro atoms. The summed E-state index contributed by atoms with van der Waals surface area (Å²) in [5.41, 5.74) is 2.91. The number of nitrogens with one attached hydrogen (secondary N) is 2. The van der Waals surface area contributed by atoms with Crippen LogP contribution in [0.4, 0.5) is 5.95 Å². The molecule has 0 aliphatic heterocycles. The van der Waals surface area contributed by atoms with Crippen molar-refractivity contribution in [2.24, 2.45) is 0 Å². The van der Waals surface area contributed by atoms with Gasteiger partial charge in [-0.1, -0.05) is 6.07 Å². The number of nitrogens with zero attached hydrogens (tertiary/aromatic N) is 3. The molecule has 3 aromatic rings. The van der Waals surface area contributed by atoms with Gasteiger partial charge >= 0.3 is 0 Å². The molecule has 3 rings (SSSR count). The lowest BCUT2D eigenvalue weighted by molar-refractivity contribution is -0.120. The fraction of sp³-hybridized carbons (Fsp3) is 0.350. The number of anilines is 1. The van der Waals surface area contributed by atoms with Crippen LogP contribution < -0.4 is 15.4 Å². The Bertz CT molecular complexity index is 915. The molecular weight excluding hydrogens is 342 g/mol. The minimum Gasteiger partial charge on any atom is -0.496 e. The van der Waals surface area contributed by atoms with E-state index in [1.54, 1.807) is 7.11 Å². The first-order chi connectivity index (χ1) is 13.1. The second-order valence-electron chi connectivity index (χ2n) is 6.40. The van der Waals surface area contributed by atoms with E-state index in [1.165, 1.54) is 0 Å². The number of hydrogen-bond donors (Lipinski definition) is 2. The highest BCUT2D eigenvalue weighted by molar-refractivity contribution is 5.86. The van der Waals surface area contributed by atoms with Crippen molar-refractivity contribution in [3.05, 3.63) is 47.9 Å². The fourth-order valence-corrected chi connectivity index (χ4v) is 3.07. The summed E-state index contributed by atoms with van der Waals surface area (Å²) in [7, 11) is 1.67. The van der Waals surface area contributed by atoms with Gasteiger partial charge in [0, 0.05) is 49.0 Å². The van der Waals surface area contributed by atoms with Crippen LogP contribution in [0.15, 0.2) is 36.5 Å². The van der Waals surface area contributed by atoms with Gasteiger partial charge in [-0.15, -0.1) is 0 Å². The molecule has 0 aliphatic carbocycles. The van der Waals surface area contributed by atoms with Gasteiger partial charge in [-0.25, -0.2) is 9.97 Å². The molecule has 0 saturated heterocycles. The predicted molar refractivity (Wildman–Crippen MR) is 106 cm³/mol. The number of ether oxygens (including phenoxy) is 1. The number of aromatic nitrogens is 3. The molecule has 7 heteroatoms. The normalized spacial score (nSPS) is 10.8. The van der Waals surface area contributed by atoms with Crippen molar-refractivity contribution in [1.29, 1.82) is 0 Å². The molecule has 7 nitrogen and oxygen atoms in total. The van der Waals surface area contributed by atoms with Crippen LogP contribution in [-0.4, -0.2) is 40.6 Å².